The maximum atomic E-state index is 14.1. The molecule has 0 radical (unpaired) electrons. The van der Waals surface area contributed by atoms with E-state index in [1.54, 1.807) is 16.2 Å². The molecule has 4 heterocycles. The van der Waals surface area contributed by atoms with Gasteiger partial charge in [0, 0.05) is 50.2 Å². The number of amides is 2. The highest BCUT2D eigenvalue weighted by Gasteiger charge is 2.40. The van der Waals surface area contributed by atoms with Gasteiger partial charge in [0.25, 0.3) is 0 Å². The molecule has 0 bridgehead atoms. The Hall–Kier alpha value is -3.28. The van der Waals surface area contributed by atoms with E-state index in [4.69, 9.17) is 9.26 Å². The summed E-state index contributed by atoms with van der Waals surface area (Å²) >= 11 is 1.64. The van der Waals surface area contributed by atoms with Crippen molar-refractivity contribution >= 4 is 23.3 Å². The van der Waals surface area contributed by atoms with Gasteiger partial charge >= 0.3 is 6.09 Å². The van der Waals surface area contributed by atoms with Crippen molar-refractivity contribution in [1.82, 2.24) is 25.3 Å². The normalized spacial score (nSPS) is 20.7. The fraction of sp³-hybridized carbons (Fsp3) is 0.600. The molecule has 10 nitrogen and oxygen atoms in total. The number of aliphatic hydroxyl groups excluding tert-OH is 1. The van der Waals surface area contributed by atoms with Crippen LogP contribution in [0.25, 0.3) is 10.4 Å². The molecule has 0 aliphatic carbocycles. The smallest absolute Gasteiger partial charge is 0.410 e. The fourth-order valence-electron chi connectivity index (χ4n) is 6.53. The molecule has 2 fully saturated rings. The average molecular weight is 652 g/mol. The number of aliphatic hydroxyl groups is 1. The van der Waals surface area contributed by atoms with Gasteiger partial charge in [-0.2, -0.15) is 0 Å². The lowest BCUT2D eigenvalue weighted by Crippen LogP contribution is -2.45. The van der Waals surface area contributed by atoms with E-state index in [0.717, 1.165) is 35.4 Å². The van der Waals surface area contributed by atoms with Crippen LogP contribution in [0.2, 0.25) is 0 Å². The first-order chi connectivity index (χ1) is 21.8. The number of β-amino-alcohol motifs (C(OH)–C–C–N with tert-alkyl or cyclic N) is 1. The van der Waals surface area contributed by atoms with E-state index >= 15 is 0 Å². The summed E-state index contributed by atoms with van der Waals surface area (Å²) in [7, 11) is 0. The second-order valence-electron chi connectivity index (χ2n) is 14.2. The second kappa shape index (κ2) is 14.2. The first kappa shape index (κ1) is 34.1. The number of likely N-dealkylation sites (tertiary alicyclic amines) is 2. The Balaban J connectivity index is 1.20. The molecule has 1 aromatic carbocycles. The van der Waals surface area contributed by atoms with Crippen molar-refractivity contribution in [1.29, 1.82) is 0 Å². The van der Waals surface area contributed by atoms with Gasteiger partial charge in [0.05, 0.1) is 27.9 Å². The summed E-state index contributed by atoms with van der Waals surface area (Å²) in [6, 6.07) is 10.4. The number of hydrogen-bond acceptors (Lipinski definition) is 9. The molecule has 11 heteroatoms. The third kappa shape index (κ3) is 7.98. The van der Waals surface area contributed by atoms with Crippen molar-refractivity contribution in [2.45, 2.75) is 103 Å². The van der Waals surface area contributed by atoms with Crippen LogP contribution >= 0.6 is 11.3 Å². The van der Waals surface area contributed by atoms with E-state index in [9.17, 15) is 14.7 Å². The van der Waals surface area contributed by atoms with Crippen LogP contribution < -0.4 is 5.32 Å². The minimum absolute atomic E-state index is 0.0201. The van der Waals surface area contributed by atoms with Crippen LogP contribution in [0.1, 0.15) is 101 Å². The molecule has 2 N–H and O–H groups in total. The van der Waals surface area contributed by atoms with Gasteiger partial charge in [0.2, 0.25) is 5.91 Å². The lowest BCUT2D eigenvalue weighted by Gasteiger charge is -2.32. The SMILES string of the molecule is Cc1ncsc1-c1ccc([C@H](C)NCC2C[C@@H](O)CN2C(=O)C(c2cc(C3CCN(C(=O)OC(C)(C)C)CC3)no2)C(C)C)cc1. The Labute approximate surface area is 276 Å². The third-order valence-electron chi connectivity index (χ3n) is 9.10. The van der Waals surface area contributed by atoms with Crippen LogP contribution in [0.3, 0.4) is 0 Å². The Morgan fingerprint density at radius 3 is 2.46 bits per heavy atom. The molecule has 250 valence electrons. The van der Waals surface area contributed by atoms with Crippen molar-refractivity contribution in [3.8, 4) is 10.4 Å². The summed E-state index contributed by atoms with van der Waals surface area (Å²) in [6.45, 7) is 15.8. The monoisotopic (exact) mass is 651 g/mol. The summed E-state index contributed by atoms with van der Waals surface area (Å²) in [6.07, 6.45) is 1.18. The van der Waals surface area contributed by atoms with Crippen LogP contribution in [0, 0.1) is 12.8 Å². The fourth-order valence-corrected chi connectivity index (χ4v) is 7.34. The summed E-state index contributed by atoms with van der Waals surface area (Å²) in [5.74, 6) is 0.135. The van der Waals surface area contributed by atoms with Gasteiger partial charge in [-0.15, -0.1) is 11.3 Å². The van der Waals surface area contributed by atoms with E-state index in [2.05, 4.69) is 46.6 Å². The molecule has 0 spiro atoms. The van der Waals surface area contributed by atoms with E-state index in [0.29, 0.717) is 38.4 Å². The number of thiazole rings is 1. The van der Waals surface area contributed by atoms with E-state index in [1.165, 1.54) is 4.88 Å². The van der Waals surface area contributed by atoms with E-state index < -0.39 is 17.6 Å². The van der Waals surface area contributed by atoms with Gasteiger partial charge in [0.15, 0.2) is 0 Å². The van der Waals surface area contributed by atoms with E-state index in [-0.39, 0.29) is 35.9 Å². The van der Waals surface area contributed by atoms with E-state index in [1.807, 2.05) is 58.0 Å². The van der Waals surface area contributed by atoms with Crippen LogP contribution in [-0.2, 0) is 9.53 Å². The minimum atomic E-state index is -0.568. The standard InChI is InChI=1S/C35H49N5O5S/c1-21(2)31(30-17-29(38-45-30)25-12-14-39(15-13-25)34(43)44-35(5,6)7)33(42)40-19-28(41)16-27(40)18-36-22(3)24-8-10-26(11-9-24)32-23(4)37-20-46-32/h8-11,17,20-22,25,27-28,31,36,41H,12-16,18-19H2,1-7H3/t22-,27?,28+,31?/m0/s1. The molecule has 2 aliphatic rings. The Bertz CT molecular complexity index is 1470. The number of rotatable bonds is 9. The van der Waals surface area contributed by atoms with Crippen LogP contribution in [-0.4, -0.2) is 81.0 Å². The second-order valence-corrected chi connectivity index (χ2v) is 15.0. The van der Waals surface area contributed by atoms with Gasteiger partial charge in [-0.25, -0.2) is 9.78 Å². The maximum Gasteiger partial charge on any atom is 0.410 e. The average Bonchev–Trinajstić information content (AvgIpc) is 3.75. The summed E-state index contributed by atoms with van der Waals surface area (Å²) in [4.78, 5) is 35.7. The first-order valence-corrected chi connectivity index (χ1v) is 17.4. The molecule has 4 atom stereocenters. The molecule has 2 saturated heterocycles. The predicted octanol–water partition coefficient (Wildman–Crippen LogP) is 6.27. The quantitative estimate of drug-likeness (QED) is 0.278. The lowest BCUT2D eigenvalue weighted by molar-refractivity contribution is -0.135. The molecular formula is C35H49N5O5S. The van der Waals surface area contributed by atoms with Crippen molar-refractivity contribution in [2.75, 3.05) is 26.2 Å². The summed E-state index contributed by atoms with van der Waals surface area (Å²) in [5, 5.41) is 18.6. The molecule has 2 aliphatic heterocycles. The highest BCUT2D eigenvalue weighted by atomic mass is 32.1. The van der Waals surface area contributed by atoms with Crippen LogP contribution in [0.4, 0.5) is 4.79 Å². The maximum absolute atomic E-state index is 14.1. The number of carbonyl (C=O) groups excluding carboxylic acids is 2. The number of ether oxygens (including phenoxy) is 1. The van der Waals surface area contributed by atoms with Gasteiger partial charge in [0.1, 0.15) is 17.3 Å². The molecular weight excluding hydrogens is 602 g/mol. The minimum Gasteiger partial charge on any atom is -0.444 e. The Morgan fingerprint density at radius 1 is 1.15 bits per heavy atom. The van der Waals surface area contributed by atoms with Gasteiger partial charge in [-0.1, -0.05) is 43.3 Å². The number of piperidine rings is 1. The molecule has 2 aromatic heterocycles. The number of aromatic nitrogens is 2. The van der Waals surface area contributed by atoms with Crippen molar-refractivity contribution in [3.05, 3.63) is 58.6 Å². The Kier molecular flexibility index (Phi) is 10.5. The number of nitrogens with one attached hydrogen (secondary N) is 1. The topological polar surface area (TPSA) is 121 Å². The van der Waals surface area contributed by atoms with Crippen molar-refractivity contribution in [2.24, 2.45) is 5.92 Å². The zero-order chi connectivity index (χ0) is 33.2. The largest absolute Gasteiger partial charge is 0.444 e. The van der Waals surface area contributed by atoms with Gasteiger partial charge in [-0.05, 0) is 70.9 Å². The number of benzene rings is 1. The number of carbonyl (C=O) groups is 2. The highest BCUT2D eigenvalue weighted by Crippen LogP contribution is 2.35. The molecule has 3 aromatic rings. The number of aryl methyl sites for hydroxylation is 1. The van der Waals surface area contributed by atoms with Crippen LogP contribution in [0.5, 0.6) is 0 Å². The zero-order valence-corrected chi connectivity index (χ0v) is 29.0. The molecule has 46 heavy (non-hydrogen) atoms. The van der Waals surface area contributed by atoms with Crippen LogP contribution in [0.15, 0.2) is 40.4 Å². The van der Waals surface area contributed by atoms with Gasteiger partial charge < -0.3 is 29.5 Å². The predicted molar refractivity (Wildman–Crippen MR) is 179 cm³/mol. The van der Waals surface area contributed by atoms with Crippen molar-refractivity contribution < 1.29 is 24.0 Å². The summed E-state index contributed by atoms with van der Waals surface area (Å²) < 4.78 is 11.4. The lowest BCUT2D eigenvalue weighted by atomic mass is 9.89. The number of hydrogen-bond donors (Lipinski definition) is 2. The first-order valence-electron chi connectivity index (χ1n) is 16.5. The van der Waals surface area contributed by atoms with Gasteiger partial charge in [-0.3, -0.25) is 4.79 Å². The summed E-state index contributed by atoms with van der Waals surface area (Å²) in [5.41, 5.74) is 5.52. The molecule has 2 unspecified atom stereocenters. The van der Waals surface area contributed by atoms with Crippen molar-refractivity contribution in [3.63, 3.8) is 0 Å². The Morgan fingerprint density at radius 2 is 1.85 bits per heavy atom. The molecule has 0 saturated carbocycles. The highest BCUT2D eigenvalue weighted by molar-refractivity contribution is 7.13. The molecule has 5 rings (SSSR count). The third-order valence-corrected chi connectivity index (χ3v) is 10.1. The number of nitrogens with zero attached hydrogens (tertiary/aromatic N) is 4. The molecule has 2 amide bonds. The zero-order valence-electron chi connectivity index (χ0n) is 28.2.